The van der Waals surface area contributed by atoms with Gasteiger partial charge in [0.05, 0.1) is 30.7 Å². The number of rotatable bonds is 6. The third-order valence-corrected chi connectivity index (χ3v) is 5.65. The first-order chi connectivity index (χ1) is 13.5. The molecule has 2 fully saturated rings. The van der Waals surface area contributed by atoms with Gasteiger partial charge < -0.3 is 10.1 Å². The Labute approximate surface area is 166 Å². The number of hydrogen-bond donors (Lipinski definition) is 1. The number of nitrogens with zero attached hydrogens (tertiary/aromatic N) is 2. The fourth-order valence-corrected chi connectivity index (χ4v) is 4.08. The van der Waals surface area contributed by atoms with Gasteiger partial charge >= 0.3 is 5.97 Å². The molecule has 2 aliphatic rings. The van der Waals surface area contributed by atoms with Gasteiger partial charge in [-0.05, 0) is 31.9 Å². The van der Waals surface area contributed by atoms with E-state index < -0.39 is 5.92 Å². The third-order valence-electron chi connectivity index (χ3n) is 5.65. The summed E-state index contributed by atoms with van der Waals surface area (Å²) in [6.45, 7) is 2.47. The second-order valence-corrected chi connectivity index (χ2v) is 7.49. The van der Waals surface area contributed by atoms with Crippen molar-refractivity contribution in [2.45, 2.75) is 45.1 Å². The predicted octanol–water partition coefficient (Wildman–Crippen LogP) is 2.12. The van der Waals surface area contributed by atoms with Crippen LogP contribution in [0.15, 0.2) is 30.3 Å². The van der Waals surface area contributed by atoms with Crippen LogP contribution < -0.4 is 10.3 Å². The number of ether oxygens (including phenoxy) is 1. The number of hydrazine groups is 1. The molecule has 3 atom stereocenters. The second kappa shape index (κ2) is 9.08. The van der Waals surface area contributed by atoms with Crippen LogP contribution in [0.4, 0.5) is 5.69 Å². The van der Waals surface area contributed by atoms with Gasteiger partial charge in [0.2, 0.25) is 11.8 Å². The zero-order chi connectivity index (χ0) is 20.1. The fraction of sp³-hybridized carbons (Fsp3) is 0.571. The lowest BCUT2D eigenvalue weighted by Gasteiger charge is -2.32. The number of carbonyl (C=O) groups excluding carboxylic acids is 3. The molecule has 7 nitrogen and oxygen atoms in total. The predicted molar refractivity (Wildman–Crippen MR) is 105 cm³/mol. The minimum atomic E-state index is -0.413. The average Bonchev–Trinajstić information content (AvgIpc) is 3.10. The van der Waals surface area contributed by atoms with E-state index in [1.54, 1.807) is 16.9 Å². The van der Waals surface area contributed by atoms with Crippen molar-refractivity contribution in [2.24, 2.45) is 11.8 Å². The molecule has 3 rings (SSSR count). The normalized spacial score (nSPS) is 24.7. The van der Waals surface area contributed by atoms with Gasteiger partial charge in [-0.3, -0.25) is 24.4 Å². The van der Waals surface area contributed by atoms with Crippen molar-refractivity contribution in [3.8, 4) is 0 Å². The van der Waals surface area contributed by atoms with Gasteiger partial charge in [-0.2, -0.15) is 0 Å². The lowest BCUT2D eigenvalue weighted by molar-refractivity contribution is -0.150. The van der Waals surface area contributed by atoms with E-state index in [0.717, 1.165) is 31.4 Å². The Morgan fingerprint density at radius 2 is 1.93 bits per heavy atom. The first-order valence-corrected chi connectivity index (χ1v) is 10.1. The summed E-state index contributed by atoms with van der Waals surface area (Å²) in [5, 5.41) is 6.44. The monoisotopic (exact) mass is 387 g/mol. The number of hydrogen-bond acceptors (Lipinski definition) is 5. The largest absolute Gasteiger partial charge is 0.466 e. The van der Waals surface area contributed by atoms with Gasteiger partial charge in [-0.15, -0.1) is 0 Å². The maximum Gasteiger partial charge on any atom is 0.311 e. The lowest BCUT2D eigenvalue weighted by atomic mass is 9.84. The molecule has 1 heterocycles. The van der Waals surface area contributed by atoms with Crippen molar-refractivity contribution in [3.63, 3.8) is 0 Å². The summed E-state index contributed by atoms with van der Waals surface area (Å²) >= 11 is 0. The van der Waals surface area contributed by atoms with Gasteiger partial charge in [-0.25, -0.2) is 0 Å². The number of esters is 1. The number of benzene rings is 1. The SMILES string of the molecule is CCOC(=O)[C@@H]1CCCC[C@@H]1NC(=O)C1CC(=O)N(N(C)c2ccccc2)C1. The molecule has 1 aliphatic heterocycles. The molecule has 1 aliphatic carbocycles. The Hall–Kier alpha value is -2.57. The molecule has 2 amide bonds. The van der Waals surface area contributed by atoms with Crippen molar-refractivity contribution in [3.05, 3.63) is 30.3 Å². The van der Waals surface area contributed by atoms with Crippen LogP contribution in [0, 0.1) is 11.8 Å². The van der Waals surface area contributed by atoms with E-state index in [0.29, 0.717) is 13.2 Å². The Morgan fingerprint density at radius 1 is 1.21 bits per heavy atom. The van der Waals surface area contributed by atoms with Gasteiger partial charge in [0, 0.05) is 19.5 Å². The first-order valence-electron chi connectivity index (χ1n) is 10.1. The highest BCUT2D eigenvalue weighted by Gasteiger charge is 2.39. The van der Waals surface area contributed by atoms with Crippen LogP contribution in [-0.2, 0) is 19.1 Å². The molecule has 1 aromatic rings. The van der Waals surface area contributed by atoms with E-state index in [1.165, 1.54) is 0 Å². The highest BCUT2D eigenvalue weighted by molar-refractivity contribution is 5.90. The van der Waals surface area contributed by atoms with Gasteiger partial charge in [-0.1, -0.05) is 31.0 Å². The molecule has 7 heteroatoms. The van der Waals surface area contributed by atoms with E-state index in [1.807, 2.05) is 37.4 Å². The summed E-state index contributed by atoms with van der Waals surface area (Å²) in [5.41, 5.74) is 0.895. The molecule has 0 bridgehead atoms. The summed E-state index contributed by atoms with van der Waals surface area (Å²) in [4.78, 5) is 37.5. The molecule has 0 spiro atoms. The topological polar surface area (TPSA) is 78.9 Å². The third kappa shape index (κ3) is 4.46. The van der Waals surface area contributed by atoms with Crippen LogP contribution in [0.2, 0.25) is 0 Å². The molecule has 0 radical (unpaired) electrons. The fourth-order valence-electron chi connectivity index (χ4n) is 4.08. The number of nitrogens with one attached hydrogen (secondary N) is 1. The minimum Gasteiger partial charge on any atom is -0.466 e. The summed E-state index contributed by atoms with van der Waals surface area (Å²) in [5.74, 6) is -1.17. The van der Waals surface area contributed by atoms with Gasteiger partial charge in [0.25, 0.3) is 0 Å². The minimum absolute atomic E-state index is 0.0721. The molecule has 1 saturated carbocycles. The summed E-state index contributed by atoms with van der Waals surface area (Å²) in [7, 11) is 1.82. The number of amides is 2. The molecule has 1 N–H and O–H groups in total. The summed E-state index contributed by atoms with van der Waals surface area (Å²) in [6, 6.07) is 9.38. The van der Waals surface area contributed by atoms with E-state index in [2.05, 4.69) is 5.32 Å². The van der Waals surface area contributed by atoms with Crippen molar-refractivity contribution in [1.29, 1.82) is 0 Å². The maximum atomic E-state index is 12.8. The number of anilines is 1. The zero-order valence-corrected chi connectivity index (χ0v) is 16.6. The first kappa shape index (κ1) is 20.2. The van der Waals surface area contributed by atoms with Crippen molar-refractivity contribution in [2.75, 3.05) is 25.2 Å². The van der Waals surface area contributed by atoms with Crippen LogP contribution in [-0.4, -0.2) is 49.0 Å². The van der Waals surface area contributed by atoms with E-state index >= 15 is 0 Å². The van der Waals surface area contributed by atoms with Crippen molar-refractivity contribution in [1.82, 2.24) is 10.3 Å². The van der Waals surface area contributed by atoms with Crippen LogP contribution in [0.1, 0.15) is 39.0 Å². The molecule has 0 aromatic heterocycles. The summed E-state index contributed by atoms with van der Waals surface area (Å²) < 4.78 is 5.17. The Bertz CT molecular complexity index is 709. The Morgan fingerprint density at radius 3 is 2.64 bits per heavy atom. The Kier molecular flexibility index (Phi) is 6.54. The lowest BCUT2D eigenvalue weighted by Crippen LogP contribution is -2.48. The number of para-hydroxylation sites is 1. The molecule has 1 saturated heterocycles. The van der Waals surface area contributed by atoms with Crippen molar-refractivity contribution < 1.29 is 19.1 Å². The molecular formula is C21H29N3O4. The Balaban J connectivity index is 1.61. The van der Waals surface area contributed by atoms with Gasteiger partial charge in [0.15, 0.2) is 0 Å². The van der Waals surface area contributed by atoms with Crippen molar-refractivity contribution >= 4 is 23.5 Å². The molecular weight excluding hydrogens is 358 g/mol. The van der Waals surface area contributed by atoms with Crippen LogP contribution in [0.5, 0.6) is 0 Å². The van der Waals surface area contributed by atoms with E-state index in [4.69, 9.17) is 4.74 Å². The smallest absolute Gasteiger partial charge is 0.311 e. The highest BCUT2D eigenvalue weighted by Crippen LogP contribution is 2.28. The molecule has 28 heavy (non-hydrogen) atoms. The van der Waals surface area contributed by atoms with Gasteiger partial charge in [0.1, 0.15) is 0 Å². The quantitative estimate of drug-likeness (QED) is 0.757. The molecule has 1 aromatic carbocycles. The standard InChI is InChI=1S/C21H29N3O4/c1-3-28-21(27)17-11-7-8-12-18(17)22-20(26)15-13-19(25)24(14-15)23(2)16-9-5-4-6-10-16/h4-6,9-10,15,17-18H,3,7-8,11-14H2,1-2H3,(H,22,26)/t15?,17-,18+/m1/s1. The molecule has 152 valence electrons. The zero-order valence-electron chi connectivity index (χ0n) is 16.6. The second-order valence-electron chi connectivity index (χ2n) is 7.49. The maximum absolute atomic E-state index is 12.8. The van der Waals surface area contributed by atoms with Crippen LogP contribution in [0.25, 0.3) is 0 Å². The molecule has 1 unspecified atom stereocenters. The van der Waals surface area contributed by atoms with E-state index in [-0.39, 0.29) is 36.2 Å². The average molecular weight is 387 g/mol. The van der Waals surface area contributed by atoms with Crippen LogP contribution in [0.3, 0.4) is 0 Å². The summed E-state index contributed by atoms with van der Waals surface area (Å²) in [6.07, 6.45) is 3.63. The van der Waals surface area contributed by atoms with Crippen LogP contribution >= 0.6 is 0 Å². The highest BCUT2D eigenvalue weighted by atomic mass is 16.5. The number of carbonyl (C=O) groups is 3. The van der Waals surface area contributed by atoms with E-state index in [9.17, 15) is 14.4 Å².